The van der Waals surface area contributed by atoms with E-state index < -0.39 is 17.6 Å². The van der Waals surface area contributed by atoms with Gasteiger partial charge in [0, 0.05) is 11.4 Å². The van der Waals surface area contributed by atoms with E-state index in [1.54, 1.807) is 10.6 Å². The third-order valence-corrected chi connectivity index (χ3v) is 5.33. The van der Waals surface area contributed by atoms with Crippen molar-refractivity contribution in [2.45, 2.75) is 19.6 Å². The van der Waals surface area contributed by atoms with Gasteiger partial charge < -0.3 is 16.0 Å². The van der Waals surface area contributed by atoms with Crippen LogP contribution in [-0.4, -0.2) is 16.4 Å². The molecule has 5 nitrogen and oxygen atoms in total. The topological polar surface area (TPSA) is 86.4 Å². The Kier molecular flexibility index (Phi) is 5.68. The fraction of sp³-hybridized carbons (Fsp3) is 0.120. The first-order valence-electron chi connectivity index (χ1n) is 10.1. The molecule has 0 atom stereocenters. The van der Waals surface area contributed by atoms with Crippen molar-refractivity contribution in [3.8, 4) is 22.5 Å². The summed E-state index contributed by atoms with van der Waals surface area (Å²) in [6, 6.07) is 20.4. The SMILES string of the molecule is Cc1ccc2cc(-c3ccc(-c4ccc(C(F)(F)F)cc4)n3CC(=O)N=C(N)N)ccc2c1. The van der Waals surface area contributed by atoms with Gasteiger partial charge in [0.2, 0.25) is 0 Å². The highest BCUT2D eigenvalue weighted by atomic mass is 19.4. The van der Waals surface area contributed by atoms with E-state index in [-0.39, 0.29) is 12.5 Å². The Morgan fingerprint density at radius 1 is 0.848 bits per heavy atom. The zero-order valence-electron chi connectivity index (χ0n) is 17.7. The van der Waals surface area contributed by atoms with E-state index in [4.69, 9.17) is 11.5 Å². The fourth-order valence-electron chi connectivity index (χ4n) is 3.81. The zero-order valence-corrected chi connectivity index (χ0v) is 17.7. The summed E-state index contributed by atoms with van der Waals surface area (Å²) < 4.78 is 40.7. The summed E-state index contributed by atoms with van der Waals surface area (Å²) in [5.74, 6) is -0.928. The van der Waals surface area contributed by atoms with Crippen molar-refractivity contribution < 1.29 is 18.0 Å². The number of amides is 1. The molecule has 1 amide bonds. The quantitative estimate of drug-likeness (QED) is 0.335. The number of nitrogens with two attached hydrogens (primary N) is 2. The number of carbonyl (C=O) groups excluding carboxylic acids is 1. The number of nitrogens with zero attached hydrogens (tertiary/aromatic N) is 2. The van der Waals surface area contributed by atoms with Crippen molar-refractivity contribution in [3.63, 3.8) is 0 Å². The highest BCUT2D eigenvalue weighted by molar-refractivity contribution is 5.92. The first kappa shape index (κ1) is 22.1. The fourth-order valence-corrected chi connectivity index (χ4v) is 3.81. The molecule has 0 saturated carbocycles. The summed E-state index contributed by atoms with van der Waals surface area (Å²) in [7, 11) is 0. The minimum absolute atomic E-state index is 0.178. The van der Waals surface area contributed by atoms with Gasteiger partial charge >= 0.3 is 6.18 Å². The monoisotopic (exact) mass is 450 g/mol. The average molecular weight is 450 g/mol. The zero-order chi connectivity index (χ0) is 23.8. The molecule has 4 rings (SSSR count). The molecule has 8 heteroatoms. The van der Waals surface area contributed by atoms with E-state index in [2.05, 4.69) is 11.1 Å². The second kappa shape index (κ2) is 8.46. The van der Waals surface area contributed by atoms with Crippen LogP contribution in [0.2, 0.25) is 0 Å². The number of aliphatic imine (C=N–C) groups is 1. The molecule has 33 heavy (non-hydrogen) atoms. The van der Waals surface area contributed by atoms with E-state index in [9.17, 15) is 18.0 Å². The third kappa shape index (κ3) is 4.74. The van der Waals surface area contributed by atoms with Crippen LogP contribution >= 0.6 is 0 Å². The van der Waals surface area contributed by atoms with Crippen molar-refractivity contribution in [2.75, 3.05) is 0 Å². The van der Waals surface area contributed by atoms with Gasteiger partial charge in [0.15, 0.2) is 5.96 Å². The molecule has 1 heterocycles. The van der Waals surface area contributed by atoms with Crippen molar-refractivity contribution in [1.29, 1.82) is 0 Å². The van der Waals surface area contributed by atoms with Crippen LogP contribution in [0, 0.1) is 6.92 Å². The Hall–Kier alpha value is -4.07. The van der Waals surface area contributed by atoms with Gasteiger partial charge in [-0.2, -0.15) is 18.2 Å². The minimum Gasteiger partial charge on any atom is -0.370 e. The predicted molar refractivity (Wildman–Crippen MR) is 123 cm³/mol. The molecular formula is C25H21F3N4O. The lowest BCUT2D eigenvalue weighted by Crippen LogP contribution is -2.25. The Labute approximate surface area is 188 Å². The molecule has 0 aliphatic rings. The van der Waals surface area contributed by atoms with Gasteiger partial charge in [-0.3, -0.25) is 4.79 Å². The van der Waals surface area contributed by atoms with E-state index >= 15 is 0 Å². The molecule has 0 aliphatic heterocycles. The van der Waals surface area contributed by atoms with Gasteiger partial charge in [0.25, 0.3) is 5.91 Å². The number of guanidine groups is 1. The minimum atomic E-state index is -4.43. The van der Waals surface area contributed by atoms with Gasteiger partial charge in [-0.05, 0) is 59.2 Å². The van der Waals surface area contributed by atoms with Crippen molar-refractivity contribution >= 4 is 22.6 Å². The predicted octanol–water partition coefficient (Wildman–Crippen LogP) is 5.10. The van der Waals surface area contributed by atoms with Crippen LogP contribution in [0.25, 0.3) is 33.3 Å². The summed E-state index contributed by atoms with van der Waals surface area (Å²) in [6.07, 6.45) is -4.43. The Bertz CT molecular complexity index is 1360. The molecule has 3 aromatic carbocycles. The standard InChI is InChI=1S/C25H21F3N4O/c1-15-2-3-18-13-19(5-4-17(18)12-15)22-11-10-21(32(22)14-23(33)31-24(29)30)16-6-8-20(9-7-16)25(26,27)28/h2-13H,14H2,1H3,(H4,29,30,31,33). The maximum atomic E-state index is 13.0. The number of halogens is 3. The number of carbonyl (C=O) groups is 1. The Morgan fingerprint density at radius 3 is 2.06 bits per heavy atom. The van der Waals surface area contributed by atoms with E-state index in [0.29, 0.717) is 17.0 Å². The normalized spacial score (nSPS) is 11.5. The second-order valence-electron chi connectivity index (χ2n) is 7.76. The molecule has 0 bridgehead atoms. The summed E-state index contributed by atoms with van der Waals surface area (Å²) >= 11 is 0. The van der Waals surface area contributed by atoms with Gasteiger partial charge in [-0.25, -0.2) is 0 Å². The molecule has 0 spiro atoms. The number of aromatic nitrogens is 1. The van der Waals surface area contributed by atoms with E-state index in [1.165, 1.54) is 12.1 Å². The van der Waals surface area contributed by atoms with Gasteiger partial charge in [-0.15, -0.1) is 0 Å². The van der Waals surface area contributed by atoms with Crippen LogP contribution in [0.4, 0.5) is 13.2 Å². The third-order valence-electron chi connectivity index (χ3n) is 5.33. The van der Waals surface area contributed by atoms with Crippen molar-refractivity contribution in [1.82, 2.24) is 4.57 Å². The maximum Gasteiger partial charge on any atom is 0.416 e. The first-order valence-corrected chi connectivity index (χ1v) is 10.1. The van der Waals surface area contributed by atoms with Crippen LogP contribution in [0.15, 0.2) is 77.8 Å². The number of alkyl halides is 3. The van der Waals surface area contributed by atoms with Gasteiger partial charge in [-0.1, -0.05) is 48.0 Å². The summed E-state index contributed by atoms with van der Waals surface area (Å²) in [4.78, 5) is 16.0. The smallest absolute Gasteiger partial charge is 0.370 e. The molecule has 0 radical (unpaired) electrons. The van der Waals surface area contributed by atoms with Crippen LogP contribution in [0.1, 0.15) is 11.1 Å². The highest BCUT2D eigenvalue weighted by Crippen LogP contribution is 2.34. The number of hydrogen-bond acceptors (Lipinski definition) is 1. The van der Waals surface area contributed by atoms with Crippen molar-refractivity contribution in [3.05, 3.63) is 83.9 Å². The molecule has 0 unspecified atom stereocenters. The van der Waals surface area contributed by atoms with Crippen molar-refractivity contribution in [2.24, 2.45) is 16.5 Å². The number of hydrogen-bond donors (Lipinski definition) is 2. The molecule has 0 saturated heterocycles. The van der Waals surface area contributed by atoms with Gasteiger partial charge in [0.1, 0.15) is 6.54 Å². The molecule has 0 aliphatic carbocycles. The summed E-state index contributed by atoms with van der Waals surface area (Å²) in [5.41, 5.74) is 13.8. The lowest BCUT2D eigenvalue weighted by Gasteiger charge is -2.14. The summed E-state index contributed by atoms with van der Waals surface area (Å²) in [5, 5.41) is 2.11. The first-order chi connectivity index (χ1) is 15.6. The number of fused-ring (bicyclic) bond motifs is 1. The lowest BCUT2D eigenvalue weighted by atomic mass is 10.0. The van der Waals surface area contributed by atoms with Crippen LogP contribution in [0.5, 0.6) is 0 Å². The average Bonchev–Trinajstić information content (AvgIpc) is 3.15. The Morgan fingerprint density at radius 2 is 1.42 bits per heavy atom. The van der Waals surface area contributed by atoms with Gasteiger partial charge in [0.05, 0.1) is 5.56 Å². The Balaban J connectivity index is 1.82. The molecule has 168 valence electrons. The summed E-state index contributed by atoms with van der Waals surface area (Å²) in [6.45, 7) is 1.84. The van der Waals surface area contributed by atoms with E-state index in [1.807, 2.05) is 43.3 Å². The molecule has 4 N–H and O–H groups in total. The van der Waals surface area contributed by atoms with Crippen LogP contribution in [-0.2, 0) is 17.5 Å². The second-order valence-corrected chi connectivity index (χ2v) is 7.76. The van der Waals surface area contributed by atoms with Crippen LogP contribution < -0.4 is 11.5 Å². The molecule has 4 aromatic rings. The maximum absolute atomic E-state index is 13.0. The molecule has 1 aromatic heterocycles. The van der Waals surface area contributed by atoms with E-state index in [0.717, 1.165) is 34.0 Å². The number of benzene rings is 3. The number of aryl methyl sites for hydroxylation is 1. The highest BCUT2D eigenvalue weighted by Gasteiger charge is 2.30. The largest absolute Gasteiger partial charge is 0.416 e. The van der Waals surface area contributed by atoms with Crippen LogP contribution in [0.3, 0.4) is 0 Å². The molecular weight excluding hydrogens is 429 g/mol. The lowest BCUT2D eigenvalue weighted by molar-refractivity contribution is -0.137. The number of rotatable bonds is 4. The molecule has 0 fully saturated rings.